The fourth-order valence-corrected chi connectivity index (χ4v) is 1.81. The van der Waals surface area contributed by atoms with E-state index in [1.165, 1.54) is 0 Å². The molecule has 1 rings (SSSR count). The van der Waals surface area contributed by atoms with E-state index in [4.69, 9.17) is 10.5 Å². The first-order valence-electron chi connectivity index (χ1n) is 4.52. The number of aliphatic hydroxyl groups is 1. The molecule has 1 fully saturated rings. The molecule has 0 aliphatic heterocycles. The number of halogens is 1. The van der Waals surface area contributed by atoms with Crippen molar-refractivity contribution in [1.82, 2.24) is 0 Å². The van der Waals surface area contributed by atoms with Crippen LogP contribution in [-0.2, 0) is 4.74 Å². The number of hydrogen-bond donors (Lipinski definition) is 2. The van der Waals surface area contributed by atoms with Crippen molar-refractivity contribution >= 4 is 12.4 Å². The Labute approximate surface area is 86.1 Å². The molecule has 1 saturated carbocycles. The molecular formula is C9H20ClNO2. The lowest BCUT2D eigenvalue weighted by molar-refractivity contribution is -0.235. The number of nitrogens with two attached hydrogens (primary N) is 1. The van der Waals surface area contributed by atoms with E-state index in [2.05, 4.69) is 0 Å². The van der Waals surface area contributed by atoms with E-state index in [1.54, 1.807) is 0 Å². The molecule has 0 saturated heterocycles. The van der Waals surface area contributed by atoms with Gasteiger partial charge in [-0.15, -0.1) is 12.4 Å². The first-order chi connectivity index (χ1) is 5.48. The molecule has 0 spiro atoms. The fourth-order valence-electron chi connectivity index (χ4n) is 1.81. The molecule has 2 atom stereocenters. The first-order valence-corrected chi connectivity index (χ1v) is 4.52. The largest absolute Gasteiger partial charge is 0.388 e. The zero-order valence-corrected chi connectivity index (χ0v) is 9.36. The van der Waals surface area contributed by atoms with Gasteiger partial charge in [-0.25, -0.2) is 0 Å². The highest BCUT2D eigenvalue weighted by Gasteiger charge is 2.59. The van der Waals surface area contributed by atoms with Crippen LogP contribution < -0.4 is 5.73 Å². The van der Waals surface area contributed by atoms with Gasteiger partial charge in [-0.05, 0) is 6.92 Å². The summed E-state index contributed by atoms with van der Waals surface area (Å²) >= 11 is 0. The van der Waals surface area contributed by atoms with E-state index in [0.29, 0.717) is 19.6 Å². The van der Waals surface area contributed by atoms with Crippen LogP contribution in [0.4, 0.5) is 0 Å². The third-order valence-corrected chi connectivity index (χ3v) is 3.23. The lowest BCUT2D eigenvalue weighted by Gasteiger charge is -2.57. The van der Waals surface area contributed by atoms with Crippen molar-refractivity contribution in [2.24, 2.45) is 11.1 Å². The second kappa shape index (κ2) is 4.13. The molecule has 0 amide bonds. The van der Waals surface area contributed by atoms with Gasteiger partial charge in [-0.3, -0.25) is 0 Å². The van der Waals surface area contributed by atoms with Gasteiger partial charge in [-0.1, -0.05) is 13.8 Å². The van der Waals surface area contributed by atoms with E-state index >= 15 is 0 Å². The van der Waals surface area contributed by atoms with E-state index in [1.807, 2.05) is 20.8 Å². The van der Waals surface area contributed by atoms with Gasteiger partial charge in [-0.2, -0.15) is 0 Å². The maximum absolute atomic E-state index is 9.94. The minimum absolute atomic E-state index is 0. The van der Waals surface area contributed by atoms with Crippen LogP contribution in [0.15, 0.2) is 0 Å². The third kappa shape index (κ3) is 1.84. The summed E-state index contributed by atoms with van der Waals surface area (Å²) in [5, 5.41) is 9.94. The topological polar surface area (TPSA) is 55.5 Å². The quantitative estimate of drug-likeness (QED) is 0.727. The molecule has 13 heavy (non-hydrogen) atoms. The molecule has 0 aromatic rings. The van der Waals surface area contributed by atoms with Gasteiger partial charge in [0, 0.05) is 25.0 Å². The van der Waals surface area contributed by atoms with Crippen molar-refractivity contribution in [3.8, 4) is 0 Å². The summed E-state index contributed by atoms with van der Waals surface area (Å²) in [5.41, 5.74) is 4.58. The Balaban J connectivity index is 0.00000144. The van der Waals surface area contributed by atoms with Crippen LogP contribution in [-0.4, -0.2) is 30.0 Å². The van der Waals surface area contributed by atoms with Gasteiger partial charge in [0.05, 0.1) is 11.7 Å². The van der Waals surface area contributed by atoms with Crippen LogP contribution in [0.2, 0.25) is 0 Å². The SMILES string of the molecule is CCOC1CC(O)(CN)C1(C)C.Cl. The average molecular weight is 210 g/mol. The lowest BCUT2D eigenvalue weighted by Crippen LogP contribution is -2.67. The summed E-state index contributed by atoms with van der Waals surface area (Å²) in [6.07, 6.45) is 0.834. The summed E-state index contributed by atoms with van der Waals surface area (Å²) in [6.45, 7) is 7.00. The highest BCUT2D eigenvalue weighted by molar-refractivity contribution is 5.85. The van der Waals surface area contributed by atoms with Gasteiger partial charge in [0.2, 0.25) is 0 Å². The van der Waals surface area contributed by atoms with Gasteiger partial charge in [0.15, 0.2) is 0 Å². The van der Waals surface area contributed by atoms with E-state index in [0.717, 1.165) is 0 Å². The summed E-state index contributed by atoms with van der Waals surface area (Å²) in [5.74, 6) is 0. The molecule has 80 valence electrons. The predicted octanol–water partition coefficient (Wildman–Crippen LogP) is 0.933. The summed E-state index contributed by atoms with van der Waals surface area (Å²) in [4.78, 5) is 0. The monoisotopic (exact) mass is 209 g/mol. The van der Waals surface area contributed by atoms with Crippen LogP contribution >= 0.6 is 12.4 Å². The molecule has 3 nitrogen and oxygen atoms in total. The minimum Gasteiger partial charge on any atom is -0.388 e. The van der Waals surface area contributed by atoms with Crippen molar-refractivity contribution in [1.29, 1.82) is 0 Å². The second-order valence-corrected chi connectivity index (χ2v) is 4.11. The maximum atomic E-state index is 9.94. The fraction of sp³-hybridized carbons (Fsp3) is 1.00. The second-order valence-electron chi connectivity index (χ2n) is 4.11. The Hall–Kier alpha value is 0.170. The standard InChI is InChI=1S/C9H19NO2.ClH/c1-4-12-7-5-9(11,6-10)8(7,2)3;/h7,11H,4-6,10H2,1-3H3;1H. The molecule has 4 heteroatoms. The van der Waals surface area contributed by atoms with Crippen LogP contribution in [0.3, 0.4) is 0 Å². The zero-order chi connectivity index (χ0) is 9.41. The van der Waals surface area contributed by atoms with Crippen LogP contribution in [0.25, 0.3) is 0 Å². The zero-order valence-electron chi connectivity index (χ0n) is 8.54. The highest BCUT2D eigenvalue weighted by atomic mass is 35.5. The third-order valence-electron chi connectivity index (χ3n) is 3.23. The lowest BCUT2D eigenvalue weighted by atomic mass is 9.56. The summed E-state index contributed by atoms with van der Waals surface area (Å²) in [6, 6.07) is 0. The molecular weight excluding hydrogens is 190 g/mol. The van der Waals surface area contributed by atoms with E-state index in [-0.39, 0.29) is 23.9 Å². The molecule has 0 radical (unpaired) electrons. The highest BCUT2D eigenvalue weighted by Crippen LogP contribution is 2.50. The molecule has 0 bridgehead atoms. The van der Waals surface area contributed by atoms with Crippen molar-refractivity contribution in [2.75, 3.05) is 13.2 Å². The Morgan fingerprint density at radius 2 is 2.08 bits per heavy atom. The van der Waals surface area contributed by atoms with Crippen molar-refractivity contribution in [3.05, 3.63) is 0 Å². The first kappa shape index (κ1) is 13.2. The van der Waals surface area contributed by atoms with Gasteiger partial charge in [0.1, 0.15) is 0 Å². The van der Waals surface area contributed by atoms with Crippen LogP contribution in [0, 0.1) is 5.41 Å². The molecule has 1 aliphatic carbocycles. The Morgan fingerprint density at radius 1 is 1.54 bits per heavy atom. The Bertz CT molecular complexity index is 175. The van der Waals surface area contributed by atoms with Crippen molar-refractivity contribution < 1.29 is 9.84 Å². The number of ether oxygens (including phenoxy) is 1. The van der Waals surface area contributed by atoms with Crippen molar-refractivity contribution in [3.63, 3.8) is 0 Å². The number of rotatable bonds is 3. The van der Waals surface area contributed by atoms with Gasteiger partial charge in [0.25, 0.3) is 0 Å². The van der Waals surface area contributed by atoms with Gasteiger partial charge >= 0.3 is 0 Å². The van der Waals surface area contributed by atoms with Gasteiger partial charge < -0.3 is 15.6 Å². The molecule has 1 aliphatic rings. The van der Waals surface area contributed by atoms with E-state index in [9.17, 15) is 5.11 Å². The average Bonchev–Trinajstić information content (AvgIpc) is 2.04. The maximum Gasteiger partial charge on any atom is 0.0869 e. The molecule has 3 N–H and O–H groups in total. The Morgan fingerprint density at radius 3 is 2.38 bits per heavy atom. The molecule has 0 heterocycles. The summed E-state index contributed by atoms with van der Waals surface area (Å²) in [7, 11) is 0. The smallest absolute Gasteiger partial charge is 0.0869 e. The molecule has 0 aromatic heterocycles. The van der Waals surface area contributed by atoms with Crippen LogP contribution in [0.5, 0.6) is 0 Å². The Kier molecular flexibility index (Phi) is 4.19. The summed E-state index contributed by atoms with van der Waals surface area (Å²) < 4.78 is 5.47. The number of hydrogen-bond acceptors (Lipinski definition) is 3. The molecule has 0 aromatic carbocycles. The normalized spacial score (nSPS) is 36.2. The van der Waals surface area contributed by atoms with E-state index < -0.39 is 5.60 Å². The van der Waals surface area contributed by atoms with Crippen LogP contribution in [0.1, 0.15) is 27.2 Å². The minimum atomic E-state index is -0.715. The molecule has 2 unspecified atom stereocenters. The predicted molar refractivity (Wildman–Crippen MR) is 55.1 cm³/mol. The van der Waals surface area contributed by atoms with Crippen molar-refractivity contribution in [2.45, 2.75) is 38.9 Å².